The fourth-order valence-corrected chi connectivity index (χ4v) is 5.41. The lowest BCUT2D eigenvalue weighted by Gasteiger charge is -2.25. The van der Waals surface area contributed by atoms with Gasteiger partial charge in [-0.3, -0.25) is 0 Å². The molecule has 1 saturated heterocycles. The molecule has 108 valence electrons. The smallest absolute Gasteiger partial charge is 0.0463 e. The third-order valence-electron chi connectivity index (χ3n) is 3.87. The van der Waals surface area contributed by atoms with E-state index in [0.29, 0.717) is 6.04 Å². The van der Waals surface area contributed by atoms with Crippen LogP contribution in [0.25, 0.3) is 0 Å². The van der Waals surface area contributed by atoms with Crippen LogP contribution in [0.15, 0.2) is 35.0 Å². The fourth-order valence-electron chi connectivity index (χ4n) is 2.65. The molecule has 1 atom stereocenters. The van der Waals surface area contributed by atoms with Gasteiger partial charge in [-0.1, -0.05) is 12.1 Å². The normalized spacial score (nSPS) is 18.2. The minimum Gasteiger partial charge on any atom is -0.309 e. The number of thiophene rings is 2. The van der Waals surface area contributed by atoms with Crippen molar-refractivity contribution in [1.29, 1.82) is 0 Å². The van der Waals surface area contributed by atoms with Gasteiger partial charge in [-0.15, -0.1) is 22.7 Å². The molecule has 2 aromatic rings. The average Bonchev–Trinajstić information content (AvgIpc) is 3.17. The van der Waals surface area contributed by atoms with E-state index < -0.39 is 0 Å². The molecule has 1 fully saturated rings. The molecule has 1 aliphatic heterocycles. The average molecular weight is 324 g/mol. The number of nitrogens with one attached hydrogen (secondary N) is 1. The van der Waals surface area contributed by atoms with Crippen LogP contribution in [0.3, 0.4) is 0 Å². The van der Waals surface area contributed by atoms with Gasteiger partial charge in [0.1, 0.15) is 0 Å². The second-order valence-corrected chi connectivity index (χ2v) is 8.55. The van der Waals surface area contributed by atoms with Gasteiger partial charge in [0.05, 0.1) is 0 Å². The van der Waals surface area contributed by atoms with E-state index in [4.69, 9.17) is 0 Å². The van der Waals surface area contributed by atoms with Crippen LogP contribution in [-0.2, 0) is 6.42 Å². The maximum Gasteiger partial charge on any atom is 0.0463 e. The summed E-state index contributed by atoms with van der Waals surface area (Å²) in [6, 6.07) is 9.34. The Hall–Kier alpha value is -0.290. The maximum absolute atomic E-state index is 3.84. The first-order valence-electron chi connectivity index (χ1n) is 7.29. The van der Waals surface area contributed by atoms with Gasteiger partial charge in [0.15, 0.2) is 0 Å². The van der Waals surface area contributed by atoms with Gasteiger partial charge in [0.2, 0.25) is 0 Å². The van der Waals surface area contributed by atoms with Gasteiger partial charge in [0, 0.05) is 22.2 Å². The Morgan fingerprint density at radius 1 is 1.10 bits per heavy atom. The Kier molecular flexibility index (Phi) is 5.59. The third kappa shape index (κ3) is 4.10. The van der Waals surface area contributed by atoms with Crippen molar-refractivity contribution >= 4 is 34.4 Å². The van der Waals surface area contributed by atoms with Crippen molar-refractivity contribution in [2.45, 2.75) is 25.3 Å². The molecular weight excluding hydrogens is 302 g/mol. The van der Waals surface area contributed by atoms with Crippen molar-refractivity contribution in [3.63, 3.8) is 0 Å². The van der Waals surface area contributed by atoms with E-state index >= 15 is 0 Å². The molecule has 1 unspecified atom stereocenters. The Morgan fingerprint density at radius 3 is 2.60 bits per heavy atom. The molecule has 0 saturated carbocycles. The van der Waals surface area contributed by atoms with Crippen LogP contribution in [0.1, 0.15) is 28.6 Å². The largest absolute Gasteiger partial charge is 0.309 e. The predicted octanol–water partition coefficient (Wildman–Crippen LogP) is 4.83. The van der Waals surface area contributed by atoms with E-state index in [9.17, 15) is 0 Å². The first-order valence-corrected chi connectivity index (χ1v) is 10.2. The fraction of sp³-hybridized carbons (Fsp3) is 0.500. The molecule has 3 rings (SSSR count). The molecule has 0 amide bonds. The zero-order chi connectivity index (χ0) is 13.6. The highest BCUT2D eigenvalue weighted by Crippen LogP contribution is 2.27. The maximum atomic E-state index is 3.84. The summed E-state index contributed by atoms with van der Waals surface area (Å²) in [6.45, 7) is 1.18. The molecule has 0 bridgehead atoms. The predicted molar refractivity (Wildman–Crippen MR) is 93.1 cm³/mol. The lowest BCUT2D eigenvalue weighted by Crippen LogP contribution is -2.30. The number of hydrogen-bond acceptors (Lipinski definition) is 4. The SMILES string of the molecule is c1csc(CC(NCC2CCSCC2)c2cccs2)c1. The summed E-state index contributed by atoms with van der Waals surface area (Å²) in [4.78, 5) is 2.96. The molecule has 1 N–H and O–H groups in total. The first-order chi connectivity index (χ1) is 9.92. The summed E-state index contributed by atoms with van der Waals surface area (Å²) in [5.41, 5.74) is 0. The summed E-state index contributed by atoms with van der Waals surface area (Å²) in [6.07, 6.45) is 3.89. The Morgan fingerprint density at radius 2 is 1.90 bits per heavy atom. The Bertz CT molecular complexity index is 472. The van der Waals surface area contributed by atoms with Crippen LogP contribution in [-0.4, -0.2) is 18.1 Å². The van der Waals surface area contributed by atoms with Crippen LogP contribution in [0.5, 0.6) is 0 Å². The quantitative estimate of drug-likeness (QED) is 0.817. The molecule has 1 aliphatic rings. The summed E-state index contributed by atoms with van der Waals surface area (Å²) in [5.74, 6) is 3.57. The van der Waals surface area contributed by atoms with Gasteiger partial charge < -0.3 is 5.32 Å². The zero-order valence-corrected chi connectivity index (χ0v) is 14.0. The van der Waals surface area contributed by atoms with Crippen molar-refractivity contribution in [3.8, 4) is 0 Å². The first kappa shape index (κ1) is 14.6. The van der Waals surface area contributed by atoms with Crippen LogP contribution in [0, 0.1) is 5.92 Å². The van der Waals surface area contributed by atoms with E-state index in [2.05, 4.69) is 52.1 Å². The van der Waals surface area contributed by atoms with Gasteiger partial charge in [-0.2, -0.15) is 11.8 Å². The molecule has 0 aromatic carbocycles. The molecular formula is C16H21NS3. The Labute approximate surface area is 133 Å². The van der Waals surface area contributed by atoms with E-state index in [0.717, 1.165) is 12.3 Å². The van der Waals surface area contributed by atoms with E-state index in [1.165, 1.54) is 40.6 Å². The van der Waals surface area contributed by atoms with Gasteiger partial charge >= 0.3 is 0 Å². The summed E-state index contributed by atoms with van der Waals surface area (Å²) >= 11 is 5.86. The van der Waals surface area contributed by atoms with Crippen molar-refractivity contribution in [1.82, 2.24) is 5.32 Å². The lowest BCUT2D eigenvalue weighted by atomic mass is 10.0. The molecule has 2 aromatic heterocycles. The minimum absolute atomic E-state index is 0.489. The van der Waals surface area contributed by atoms with E-state index in [1.54, 1.807) is 0 Å². The number of thioether (sulfide) groups is 1. The standard InChI is InChI=1S/C16H21NS3/c1-3-14(19-7-1)11-15(16-4-2-8-20-16)17-12-13-5-9-18-10-6-13/h1-4,7-8,13,15,17H,5-6,9-12H2. The van der Waals surface area contributed by atoms with Crippen molar-refractivity contribution in [3.05, 3.63) is 44.8 Å². The number of rotatable bonds is 6. The highest BCUT2D eigenvalue weighted by molar-refractivity contribution is 7.99. The third-order valence-corrected chi connectivity index (χ3v) is 6.80. The van der Waals surface area contributed by atoms with Gasteiger partial charge in [-0.05, 0) is 59.7 Å². The molecule has 0 radical (unpaired) electrons. The second kappa shape index (κ2) is 7.64. The minimum atomic E-state index is 0.489. The molecule has 1 nitrogen and oxygen atoms in total. The molecule has 0 aliphatic carbocycles. The van der Waals surface area contributed by atoms with E-state index in [1.807, 2.05) is 22.7 Å². The van der Waals surface area contributed by atoms with Crippen LogP contribution >= 0.6 is 34.4 Å². The molecule has 20 heavy (non-hydrogen) atoms. The molecule has 4 heteroatoms. The van der Waals surface area contributed by atoms with E-state index in [-0.39, 0.29) is 0 Å². The topological polar surface area (TPSA) is 12.0 Å². The van der Waals surface area contributed by atoms with Crippen molar-refractivity contribution in [2.24, 2.45) is 5.92 Å². The van der Waals surface area contributed by atoms with Crippen molar-refractivity contribution < 1.29 is 0 Å². The highest BCUT2D eigenvalue weighted by Gasteiger charge is 2.18. The van der Waals surface area contributed by atoms with Crippen LogP contribution in [0.4, 0.5) is 0 Å². The van der Waals surface area contributed by atoms with Crippen LogP contribution < -0.4 is 5.32 Å². The summed E-state index contributed by atoms with van der Waals surface area (Å²) in [7, 11) is 0. The number of hydrogen-bond donors (Lipinski definition) is 1. The van der Waals surface area contributed by atoms with Gasteiger partial charge in [0.25, 0.3) is 0 Å². The molecule has 0 spiro atoms. The summed E-state index contributed by atoms with van der Waals surface area (Å²) in [5, 5.41) is 8.21. The Balaban J connectivity index is 1.60. The highest BCUT2D eigenvalue weighted by atomic mass is 32.2. The lowest BCUT2D eigenvalue weighted by molar-refractivity contribution is 0.412. The second-order valence-electron chi connectivity index (χ2n) is 5.32. The summed E-state index contributed by atoms with van der Waals surface area (Å²) < 4.78 is 0. The monoisotopic (exact) mass is 323 g/mol. The van der Waals surface area contributed by atoms with Gasteiger partial charge in [-0.25, -0.2) is 0 Å². The van der Waals surface area contributed by atoms with Crippen molar-refractivity contribution in [2.75, 3.05) is 18.1 Å². The zero-order valence-electron chi connectivity index (χ0n) is 11.6. The molecule has 3 heterocycles. The van der Waals surface area contributed by atoms with Crippen LogP contribution in [0.2, 0.25) is 0 Å².